The fraction of sp³-hybridized carbons (Fsp3) is 0.854. The standard InChI is InChI=1S/C48H90NO10P/c1-3-5-7-9-11-13-15-17-19-20-21-22-23-24-26-28-30-32-34-36-38-40-47(51)59-44(42-57-60(54,55)58-43-45(49)48(52)53)41-56-46(50)39-37-35-33-31-29-27-25-18-16-14-12-10-8-6-4-2/h18,20-21,25,44-45H,3-17,19,22-24,26-43,49H2,1-2H3,(H,52,53)(H,54,55)/b21-20-,25-18-. The zero-order valence-electron chi connectivity index (χ0n) is 38.3. The smallest absolute Gasteiger partial charge is 0.472 e. The number of carbonyl (C=O) groups is 3. The molecule has 12 heteroatoms. The van der Waals surface area contributed by atoms with Crippen LogP contribution in [0.25, 0.3) is 0 Å². The lowest BCUT2D eigenvalue weighted by Gasteiger charge is -2.20. The normalized spacial score (nSPS) is 13.8. The maximum absolute atomic E-state index is 12.7. The Kier molecular flexibility index (Phi) is 42.1. The number of hydrogen-bond acceptors (Lipinski definition) is 9. The molecule has 3 unspecified atom stereocenters. The summed E-state index contributed by atoms with van der Waals surface area (Å²) in [6.45, 7) is 2.82. The summed E-state index contributed by atoms with van der Waals surface area (Å²) in [4.78, 5) is 46.1. The van der Waals surface area contributed by atoms with Crippen molar-refractivity contribution in [3.63, 3.8) is 0 Å². The summed E-state index contributed by atoms with van der Waals surface area (Å²) >= 11 is 0. The number of carboxylic acid groups (broad SMARTS) is 1. The Labute approximate surface area is 366 Å². The van der Waals surface area contributed by atoms with Gasteiger partial charge in [0.1, 0.15) is 12.6 Å². The fourth-order valence-corrected chi connectivity index (χ4v) is 7.60. The lowest BCUT2D eigenvalue weighted by atomic mass is 10.1. The minimum absolute atomic E-state index is 0.159. The van der Waals surface area contributed by atoms with E-state index in [4.69, 9.17) is 24.8 Å². The maximum Gasteiger partial charge on any atom is 0.472 e. The lowest BCUT2D eigenvalue weighted by Crippen LogP contribution is -2.34. The molecule has 0 aliphatic rings. The van der Waals surface area contributed by atoms with Gasteiger partial charge in [-0.1, -0.05) is 179 Å². The first kappa shape index (κ1) is 58.0. The summed E-state index contributed by atoms with van der Waals surface area (Å²) in [6.07, 6.45) is 46.7. The summed E-state index contributed by atoms with van der Waals surface area (Å²) in [5.41, 5.74) is 5.34. The van der Waals surface area contributed by atoms with Gasteiger partial charge in [0.15, 0.2) is 6.10 Å². The molecule has 0 saturated carbocycles. The number of carboxylic acids is 1. The number of allylic oxidation sites excluding steroid dienone is 4. The van der Waals surface area contributed by atoms with Crippen LogP contribution in [0, 0.1) is 0 Å². The predicted octanol–water partition coefficient (Wildman–Crippen LogP) is 13.4. The summed E-state index contributed by atoms with van der Waals surface area (Å²) in [5.74, 6) is -2.38. The van der Waals surface area contributed by atoms with Gasteiger partial charge in [0.05, 0.1) is 13.2 Å². The Morgan fingerprint density at radius 1 is 0.500 bits per heavy atom. The number of nitrogens with two attached hydrogens (primary N) is 1. The minimum atomic E-state index is -4.72. The van der Waals surface area contributed by atoms with Gasteiger partial charge < -0.3 is 25.2 Å². The monoisotopic (exact) mass is 872 g/mol. The minimum Gasteiger partial charge on any atom is -0.480 e. The highest BCUT2D eigenvalue weighted by molar-refractivity contribution is 7.47. The van der Waals surface area contributed by atoms with Crippen molar-refractivity contribution in [2.24, 2.45) is 5.73 Å². The molecule has 0 aromatic heterocycles. The van der Waals surface area contributed by atoms with Gasteiger partial charge in [0, 0.05) is 12.8 Å². The Morgan fingerprint density at radius 3 is 1.22 bits per heavy atom. The number of hydrogen-bond donors (Lipinski definition) is 3. The molecule has 0 aromatic carbocycles. The molecule has 0 saturated heterocycles. The molecule has 0 radical (unpaired) electrons. The van der Waals surface area contributed by atoms with Gasteiger partial charge in [-0.05, 0) is 64.2 Å². The van der Waals surface area contributed by atoms with Crippen molar-refractivity contribution in [2.75, 3.05) is 19.8 Å². The molecule has 60 heavy (non-hydrogen) atoms. The van der Waals surface area contributed by atoms with Crippen LogP contribution in [0.2, 0.25) is 0 Å². The second-order valence-electron chi connectivity index (χ2n) is 16.6. The van der Waals surface area contributed by atoms with Gasteiger partial charge >= 0.3 is 25.7 Å². The summed E-state index contributed by atoms with van der Waals surface area (Å²) in [6, 6.07) is -1.52. The van der Waals surface area contributed by atoms with E-state index in [2.05, 4.69) is 42.7 Å². The van der Waals surface area contributed by atoms with E-state index in [9.17, 15) is 23.8 Å². The van der Waals surface area contributed by atoms with Crippen molar-refractivity contribution < 1.29 is 47.5 Å². The molecule has 0 rings (SSSR count). The second-order valence-corrected chi connectivity index (χ2v) is 18.0. The van der Waals surface area contributed by atoms with Crippen LogP contribution in [0.1, 0.15) is 232 Å². The molecule has 3 atom stereocenters. The summed E-state index contributed by atoms with van der Waals surface area (Å²) in [7, 11) is -4.72. The maximum atomic E-state index is 12.7. The summed E-state index contributed by atoms with van der Waals surface area (Å²) in [5, 5.41) is 8.91. The first-order valence-electron chi connectivity index (χ1n) is 24.4. The van der Waals surface area contributed by atoms with Gasteiger partial charge in [-0.2, -0.15) is 0 Å². The van der Waals surface area contributed by atoms with Crippen molar-refractivity contribution in [3.05, 3.63) is 24.3 Å². The van der Waals surface area contributed by atoms with Crippen LogP contribution in [0.4, 0.5) is 0 Å². The van der Waals surface area contributed by atoms with Gasteiger partial charge in [0.2, 0.25) is 0 Å². The van der Waals surface area contributed by atoms with Gasteiger partial charge in [-0.3, -0.25) is 23.4 Å². The Bertz CT molecular complexity index is 1120. The lowest BCUT2D eigenvalue weighted by molar-refractivity contribution is -0.161. The first-order chi connectivity index (χ1) is 29.1. The molecule has 352 valence electrons. The molecule has 0 spiro atoms. The molecule has 0 aromatic rings. The third-order valence-corrected chi connectivity index (χ3v) is 11.6. The van der Waals surface area contributed by atoms with Crippen LogP contribution in [-0.4, -0.2) is 59.9 Å². The third kappa shape index (κ3) is 42.6. The number of unbranched alkanes of at least 4 members (excludes halogenated alkanes) is 28. The van der Waals surface area contributed by atoms with E-state index < -0.39 is 51.1 Å². The second kappa shape index (κ2) is 43.6. The molecule has 0 heterocycles. The number of phosphoric ester groups is 1. The number of rotatable bonds is 46. The predicted molar refractivity (Wildman–Crippen MR) is 245 cm³/mol. The zero-order chi connectivity index (χ0) is 44.2. The van der Waals surface area contributed by atoms with Crippen LogP contribution < -0.4 is 5.73 Å². The van der Waals surface area contributed by atoms with Crippen molar-refractivity contribution in [1.82, 2.24) is 0 Å². The van der Waals surface area contributed by atoms with Crippen LogP contribution in [0.3, 0.4) is 0 Å². The Hall–Kier alpha value is -2.04. The van der Waals surface area contributed by atoms with Crippen LogP contribution in [0.15, 0.2) is 24.3 Å². The van der Waals surface area contributed by atoms with E-state index in [0.29, 0.717) is 12.8 Å². The van der Waals surface area contributed by atoms with Crippen LogP contribution in [-0.2, 0) is 37.5 Å². The van der Waals surface area contributed by atoms with E-state index in [1.807, 2.05) is 0 Å². The molecular weight excluding hydrogens is 781 g/mol. The zero-order valence-corrected chi connectivity index (χ0v) is 39.2. The highest BCUT2D eigenvalue weighted by Crippen LogP contribution is 2.43. The quantitative estimate of drug-likeness (QED) is 0.0230. The first-order valence-corrected chi connectivity index (χ1v) is 25.9. The van der Waals surface area contributed by atoms with E-state index in [1.165, 1.54) is 135 Å². The Morgan fingerprint density at radius 2 is 0.833 bits per heavy atom. The molecule has 0 aliphatic carbocycles. The van der Waals surface area contributed by atoms with Crippen molar-refractivity contribution in [2.45, 2.75) is 244 Å². The number of ether oxygens (including phenoxy) is 2. The third-order valence-electron chi connectivity index (χ3n) is 10.7. The molecule has 0 aliphatic heterocycles. The molecule has 0 fully saturated rings. The average molecular weight is 872 g/mol. The van der Waals surface area contributed by atoms with Crippen LogP contribution >= 0.6 is 7.82 Å². The van der Waals surface area contributed by atoms with Gasteiger partial charge in [-0.15, -0.1) is 0 Å². The van der Waals surface area contributed by atoms with Crippen molar-refractivity contribution in [3.8, 4) is 0 Å². The molecule has 4 N–H and O–H groups in total. The summed E-state index contributed by atoms with van der Waals surface area (Å²) < 4.78 is 32.8. The van der Waals surface area contributed by atoms with Gasteiger partial charge in [-0.25, -0.2) is 4.57 Å². The molecule has 11 nitrogen and oxygen atoms in total. The molecular formula is C48H90NO10P. The number of esters is 2. The van der Waals surface area contributed by atoms with Crippen molar-refractivity contribution >= 4 is 25.7 Å². The largest absolute Gasteiger partial charge is 0.480 e. The number of carbonyl (C=O) groups excluding carboxylic acids is 2. The molecule has 0 amide bonds. The highest BCUT2D eigenvalue weighted by Gasteiger charge is 2.28. The molecule has 0 bridgehead atoms. The van der Waals surface area contributed by atoms with Crippen LogP contribution in [0.5, 0.6) is 0 Å². The number of phosphoric acid groups is 1. The number of aliphatic carboxylic acids is 1. The van der Waals surface area contributed by atoms with Gasteiger partial charge in [0.25, 0.3) is 0 Å². The Balaban J connectivity index is 4.27. The fourth-order valence-electron chi connectivity index (χ4n) is 6.82. The average Bonchev–Trinajstić information content (AvgIpc) is 3.22. The topological polar surface area (TPSA) is 172 Å². The van der Waals surface area contributed by atoms with Crippen molar-refractivity contribution in [1.29, 1.82) is 0 Å². The van der Waals surface area contributed by atoms with E-state index >= 15 is 0 Å². The van der Waals surface area contributed by atoms with E-state index in [0.717, 1.165) is 57.8 Å². The highest BCUT2D eigenvalue weighted by atomic mass is 31.2. The van der Waals surface area contributed by atoms with E-state index in [-0.39, 0.29) is 19.4 Å². The van der Waals surface area contributed by atoms with E-state index in [1.54, 1.807) is 0 Å². The SMILES string of the molecule is CCCCCCCC/C=C\CCCCCCCC(=O)OCC(COP(=O)(O)OCC(N)C(=O)O)OC(=O)CCCCCCCCCCC/C=C\CCCCCCCCCC.